The summed E-state index contributed by atoms with van der Waals surface area (Å²) in [6, 6.07) is 1.78. The van der Waals surface area contributed by atoms with Crippen LogP contribution < -0.4 is 4.74 Å². The number of Topliss-reactive ketones (excluding diaryl/α,β-unsaturated/α-hetero) is 1. The maximum atomic E-state index is 11.9. The van der Waals surface area contributed by atoms with Gasteiger partial charge in [-0.3, -0.25) is 9.59 Å². The second-order valence-corrected chi connectivity index (χ2v) is 8.24. The molecule has 1 aliphatic rings. The molecule has 0 amide bonds. The number of benzene rings is 1. The molecular weight excluding hydrogens is 368 g/mol. The second-order valence-electron chi connectivity index (χ2n) is 8.24. The molecule has 158 valence electrons. The third kappa shape index (κ3) is 5.36. The van der Waals surface area contributed by atoms with Crippen LogP contribution in [0.1, 0.15) is 68.4 Å². The topological polar surface area (TPSA) is 72.8 Å². The number of phenols is 1. The van der Waals surface area contributed by atoms with Crippen LogP contribution in [-0.2, 0) is 16.0 Å². The fourth-order valence-electron chi connectivity index (χ4n) is 3.52. The molecule has 1 aliphatic heterocycles. The number of ether oxygens (including phenoxy) is 2. The third-order valence-corrected chi connectivity index (χ3v) is 5.60. The van der Waals surface area contributed by atoms with Crippen molar-refractivity contribution in [3.8, 4) is 11.5 Å². The first-order valence-electron chi connectivity index (χ1n) is 9.98. The first kappa shape index (κ1) is 22.9. The van der Waals surface area contributed by atoms with Crippen molar-refractivity contribution in [3.63, 3.8) is 0 Å². The molecule has 1 atom stereocenters. The van der Waals surface area contributed by atoms with E-state index in [9.17, 15) is 14.7 Å². The molecule has 0 radical (unpaired) electrons. The highest BCUT2D eigenvalue weighted by Gasteiger charge is 2.40. The van der Waals surface area contributed by atoms with Crippen LogP contribution in [0.3, 0.4) is 0 Å². The van der Waals surface area contributed by atoms with Crippen LogP contribution in [0.5, 0.6) is 11.5 Å². The number of aromatic hydroxyl groups is 1. The van der Waals surface area contributed by atoms with Crippen molar-refractivity contribution in [2.75, 3.05) is 7.11 Å². The van der Waals surface area contributed by atoms with Gasteiger partial charge < -0.3 is 14.6 Å². The zero-order chi connectivity index (χ0) is 21.8. The quantitative estimate of drug-likeness (QED) is 0.498. The monoisotopic (exact) mass is 400 g/mol. The van der Waals surface area contributed by atoms with Gasteiger partial charge in [0.05, 0.1) is 18.8 Å². The molecular formula is C24H32O5. The Balaban J connectivity index is 2.01. The van der Waals surface area contributed by atoms with Gasteiger partial charge in [0.1, 0.15) is 17.1 Å². The molecule has 0 saturated carbocycles. The fourth-order valence-corrected chi connectivity index (χ4v) is 3.52. The smallest absolute Gasteiger partial charge is 0.167 e. The van der Waals surface area contributed by atoms with Crippen molar-refractivity contribution in [2.45, 2.75) is 72.0 Å². The SMILES string of the molecule is COc1cc(C)c(C=O)c(O)c1C/C=C(\C)CC/C=C(\C)C1CC(=O)C(C)(C)O1. The normalized spacial score (nSPS) is 19.5. The van der Waals surface area contributed by atoms with E-state index in [4.69, 9.17) is 9.47 Å². The molecule has 1 saturated heterocycles. The van der Waals surface area contributed by atoms with Gasteiger partial charge >= 0.3 is 0 Å². The van der Waals surface area contributed by atoms with Crippen LogP contribution in [0.2, 0.25) is 0 Å². The number of rotatable bonds is 8. The number of carbonyl (C=O) groups excluding carboxylic acids is 2. The van der Waals surface area contributed by atoms with Gasteiger partial charge in [-0.25, -0.2) is 0 Å². The third-order valence-electron chi connectivity index (χ3n) is 5.60. The number of phenolic OH excluding ortho intramolecular Hbond substituents is 1. The predicted octanol–water partition coefficient (Wildman–Crippen LogP) is 4.87. The van der Waals surface area contributed by atoms with E-state index in [0.717, 1.165) is 18.4 Å². The number of aldehydes is 1. The molecule has 0 bridgehead atoms. The Morgan fingerprint density at radius 2 is 2.03 bits per heavy atom. The molecule has 5 nitrogen and oxygen atoms in total. The molecule has 0 aliphatic carbocycles. The number of hydrogen-bond donors (Lipinski definition) is 1. The first-order chi connectivity index (χ1) is 13.6. The maximum absolute atomic E-state index is 11.9. The number of ketones is 1. The highest BCUT2D eigenvalue weighted by atomic mass is 16.5. The summed E-state index contributed by atoms with van der Waals surface area (Å²) in [5, 5.41) is 10.4. The van der Waals surface area contributed by atoms with Gasteiger partial charge in [-0.05, 0) is 71.1 Å². The fraction of sp³-hybridized carbons (Fsp3) is 0.500. The minimum atomic E-state index is -0.689. The number of carbonyl (C=O) groups is 2. The Hall–Kier alpha value is -2.40. The van der Waals surface area contributed by atoms with E-state index in [1.165, 1.54) is 5.57 Å². The molecule has 1 heterocycles. The van der Waals surface area contributed by atoms with E-state index in [-0.39, 0.29) is 17.6 Å². The van der Waals surface area contributed by atoms with Gasteiger partial charge in [0.15, 0.2) is 12.1 Å². The van der Waals surface area contributed by atoms with E-state index in [1.54, 1.807) is 20.1 Å². The van der Waals surface area contributed by atoms with Gasteiger partial charge in [0.2, 0.25) is 0 Å². The Kier molecular flexibility index (Phi) is 7.42. The van der Waals surface area contributed by atoms with Gasteiger partial charge in [-0.1, -0.05) is 17.7 Å². The predicted molar refractivity (Wildman–Crippen MR) is 114 cm³/mol. The molecule has 1 aromatic rings. The van der Waals surface area contributed by atoms with E-state index in [1.807, 2.05) is 33.8 Å². The van der Waals surface area contributed by atoms with E-state index < -0.39 is 5.60 Å². The van der Waals surface area contributed by atoms with Crippen LogP contribution in [0.15, 0.2) is 29.4 Å². The van der Waals surface area contributed by atoms with Crippen molar-refractivity contribution < 1.29 is 24.2 Å². The zero-order valence-corrected chi connectivity index (χ0v) is 18.3. The molecule has 29 heavy (non-hydrogen) atoms. The molecule has 1 unspecified atom stereocenters. The van der Waals surface area contributed by atoms with Gasteiger partial charge in [-0.15, -0.1) is 0 Å². The lowest BCUT2D eigenvalue weighted by Gasteiger charge is -2.18. The lowest BCUT2D eigenvalue weighted by molar-refractivity contribution is -0.129. The Bertz CT molecular complexity index is 845. The zero-order valence-electron chi connectivity index (χ0n) is 18.3. The summed E-state index contributed by atoms with van der Waals surface area (Å²) in [5.41, 5.74) is 3.18. The Morgan fingerprint density at radius 3 is 2.59 bits per heavy atom. The highest BCUT2D eigenvalue weighted by Crippen LogP contribution is 2.34. The summed E-state index contributed by atoms with van der Waals surface area (Å²) < 4.78 is 11.2. The molecule has 5 heteroatoms. The second kappa shape index (κ2) is 9.40. The Morgan fingerprint density at radius 1 is 1.34 bits per heavy atom. The maximum Gasteiger partial charge on any atom is 0.167 e. The first-order valence-corrected chi connectivity index (χ1v) is 9.98. The molecule has 0 aromatic heterocycles. The van der Waals surface area contributed by atoms with Gasteiger partial charge in [0, 0.05) is 12.0 Å². The summed E-state index contributed by atoms with van der Waals surface area (Å²) >= 11 is 0. The summed E-state index contributed by atoms with van der Waals surface area (Å²) in [4.78, 5) is 23.2. The standard InChI is InChI=1S/C24H32O5/c1-15(8-7-9-16(2)20-13-22(26)24(4,5)29-20)10-11-18-21(28-6)12-17(3)19(14-25)23(18)27/h9-10,12,14,20,27H,7-8,11,13H2,1-6H3/b15-10+,16-9+. The number of hydrogen-bond acceptors (Lipinski definition) is 5. The minimum Gasteiger partial charge on any atom is -0.507 e. The average molecular weight is 401 g/mol. The molecule has 1 N–H and O–H groups in total. The van der Waals surface area contributed by atoms with Crippen molar-refractivity contribution in [2.24, 2.45) is 0 Å². The molecule has 1 aromatic carbocycles. The van der Waals surface area contributed by atoms with E-state index >= 15 is 0 Å². The van der Waals surface area contributed by atoms with Gasteiger partial charge in [0.25, 0.3) is 0 Å². The van der Waals surface area contributed by atoms with Crippen LogP contribution in [0.4, 0.5) is 0 Å². The summed E-state index contributed by atoms with van der Waals surface area (Å²) in [6.45, 7) is 9.46. The van der Waals surface area contributed by atoms with Crippen molar-refractivity contribution in [1.29, 1.82) is 0 Å². The van der Waals surface area contributed by atoms with E-state index in [0.29, 0.717) is 41.6 Å². The number of aryl methyl sites for hydroxylation is 1. The van der Waals surface area contributed by atoms with Crippen molar-refractivity contribution in [3.05, 3.63) is 46.1 Å². The highest BCUT2D eigenvalue weighted by molar-refractivity contribution is 5.89. The molecule has 0 spiro atoms. The van der Waals surface area contributed by atoms with Crippen molar-refractivity contribution >= 4 is 12.1 Å². The van der Waals surface area contributed by atoms with Crippen LogP contribution in [0, 0.1) is 6.92 Å². The van der Waals surface area contributed by atoms with Crippen molar-refractivity contribution in [1.82, 2.24) is 0 Å². The summed E-state index contributed by atoms with van der Waals surface area (Å²) in [7, 11) is 1.56. The lowest BCUT2D eigenvalue weighted by Crippen LogP contribution is -2.27. The van der Waals surface area contributed by atoms with E-state index in [2.05, 4.69) is 6.08 Å². The number of methoxy groups -OCH3 is 1. The van der Waals surface area contributed by atoms with Crippen LogP contribution in [-0.4, -0.2) is 36.0 Å². The largest absolute Gasteiger partial charge is 0.507 e. The van der Waals surface area contributed by atoms with Gasteiger partial charge in [-0.2, -0.15) is 0 Å². The Labute approximate surface area is 173 Å². The average Bonchev–Trinajstić information content (AvgIpc) is 2.93. The minimum absolute atomic E-state index is 0.0118. The molecule has 1 fully saturated rings. The number of allylic oxidation sites excluding steroid dienone is 3. The summed E-state index contributed by atoms with van der Waals surface area (Å²) in [6.07, 6.45) is 7.35. The van der Waals surface area contributed by atoms with Crippen LogP contribution >= 0.6 is 0 Å². The molecule has 2 rings (SSSR count). The lowest BCUT2D eigenvalue weighted by atomic mass is 9.98. The summed E-state index contributed by atoms with van der Waals surface area (Å²) in [5.74, 6) is 0.714. The van der Waals surface area contributed by atoms with Crippen LogP contribution in [0.25, 0.3) is 0 Å².